The Bertz CT molecular complexity index is 1880. The molecule has 0 saturated heterocycles. The molecule has 0 amide bonds. The molecule has 16 radical (unpaired) electrons. The second kappa shape index (κ2) is 8.33. The van der Waals surface area contributed by atoms with Gasteiger partial charge in [-0.15, -0.1) is 21.9 Å². The van der Waals surface area contributed by atoms with Crippen LogP contribution in [0.1, 0.15) is 22.3 Å². The van der Waals surface area contributed by atoms with Crippen molar-refractivity contribution in [1.29, 1.82) is 0 Å². The number of fused-ring (bicyclic) bond motifs is 11. The van der Waals surface area contributed by atoms with Crippen molar-refractivity contribution in [2.75, 3.05) is 0 Å². The summed E-state index contributed by atoms with van der Waals surface area (Å²) in [6.07, 6.45) is 0. The van der Waals surface area contributed by atoms with Gasteiger partial charge in [-0.3, -0.25) is 0 Å². The van der Waals surface area contributed by atoms with Crippen LogP contribution in [0, 0.1) is 0 Å². The van der Waals surface area contributed by atoms with E-state index in [0.29, 0.717) is 11.1 Å². The zero-order valence-corrected chi connectivity index (χ0v) is 22.2. The van der Waals surface area contributed by atoms with E-state index < -0.39 is 5.41 Å². The fraction of sp³-hybridized carbons (Fsp3) is 0.0345. The first-order chi connectivity index (χ1) is 18.6. The highest BCUT2D eigenvalue weighted by molar-refractivity contribution is 9.10. The Labute approximate surface area is 246 Å². The molecule has 1 heterocycles. The van der Waals surface area contributed by atoms with Gasteiger partial charge in [-0.25, -0.2) is 0 Å². The highest BCUT2D eigenvalue weighted by Gasteiger charge is 2.53. The summed E-state index contributed by atoms with van der Waals surface area (Å²) in [5, 5.41) is 2.12. The summed E-state index contributed by atoms with van der Waals surface area (Å²) in [7, 11) is 52.3. The molecule has 0 atom stereocenters. The van der Waals surface area contributed by atoms with Crippen molar-refractivity contribution < 1.29 is 4.74 Å². The van der Waals surface area contributed by atoms with Crippen LogP contribution in [0.2, 0.25) is 0 Å². The Morgan fingerprint density at radius 3 is 1.74 bits per heavy atom. The van der Waals surface area contributed by atoms with Crippen molar-refractivity contribution in [3.8, 4) is 22.6 Å². The van der Waals surface area contributed by atoms with Gasteiger partial charge in [-0.2, -0.15) is 0 Å². The predicted octanol–water partition coefficient (Wildman–Crippen LogP) is -1.58. The van der Waals surface area contributed by atoms with E-state index in [1.807, 2.05) is 24.3 Å². The number of ether oxygens (including phenoxy) is 1. The van der Waals surface area contributed by atoms with Crippen LogP contribution in [-0.4, -0.2) is 62.8 Å². The second-order valence-corrected chi connectivity index (χ2v) is 10.9. The smallest absolute Gasteiger partial charge is 0.123 e. The predicted molar refractivity (Wildman–Crippen MR) is 172 cm³/mol. The molecule has 7 rings (SSSR count). The summed E-state index contributed by atoms with van der Waals surface area (Å²) in [6, 6.07) is 18.4. The third-order valence-corrected chi connectivity index (χ3v) is 8.66. The summed E-state index contributed by atoms with van der Waals surface area (Å²) < 4.78 is 7.26. The minimum atomic E-state index is -1.17. The van der Waals surface area contributed by atoms with Crippen LogP contribution in [0.25, 0.3) is 21.9 Å². The maximum Gasteiger partial charge on any atom is 0.123 e. The van der Waals surface area contributed by atoms with E-state index >= 15 is 0 Å². The van der Waals surface area contributed by atoms with E-state index in [0.717, 1.165) is 37.5 Å². The largest absolute Gasteiger partial charge is 0.458 e. The van der Waals surface area contributed by atoms with Crippen molar-refractivity contribution >= 4 is 133 Å². The fourth-order valence-corrected chi connectivity index (χ4v) is 6.76. The van der Waals surface area contributed by atoms with Crippen LogP contribution in [-0.2, 0) is 5.41 Å². The van der Waals surface area contributed by atoms with Crippen LogP contribution in [0.5, 0.6) is 11.5 Å². The fourth-order valence-electron chi connectivity index (χ4n) is 6.39. The topological polar surface area (TPSA) is 9.23 Å². The molecule has 10 heteroatoms. The number of rotatable bonds is 0. The summed E-state index contributed by atoms with van der Waals surface area (Å²) in [6.45, 7) is 0. The molecule has 5 aromatic rings. The van der Waals surface area contributed by atoms with Gasteiger partial charge in [0.1, 0.15) is 74.3 Å². The molecule has 0 saturated carbocycles. The summed E-state index contributed by atoms with van der Waals surface area (Å²) in [5.74, 6) is 0.489. The standard InChI is InChI=1S/C29H9B8BrO/c30-19-17-27(25(36)23(34)21(19)32)39-28-18(20(31)22(33)24(35)26(28)37)29(17)14-8-5-10-3-1-2-4-12(10)16(14)13-7-6-11(38)9-15(13)29/h1-9H. The van der Waals surface area contributed by atoms with Crippen LogP contribution in [0.4, 0.5) is 0 Å². The van der Waals surface area contributed by atoms with E-state index in [9.17, 15) is 0 Å². The van der Waals surface area contributed by atoms with Crippen LogP contribution >= 0.6 is 15.9 Å². The molecule has 39 heavy (non-hydrogen) atoms. The normalized spacial score (nSPS) is 14.0. The van der Waals surface area contributed by atoms with Crippen molar-refractivity contribution in [2.24, 2.45) is 0 Å². The van der Waals surface area contributed by atoms with Crippen molar-refractivity contribution in [2.45, 2.75) is 5.41 Å². The summed E-state index contributed by atoms with van der Waals surface area (Å²) in [4.78, 5) is 0. The Balaban J connectivity index is 1.83. The molecular formula is C29H9B8BrO. The third kappa shape index (κ3) is 2.97. The quantitative estimate of drug-likeness (QED) is 0.212. The maximum atomic E-state index is 6.83. The van der Waals surface area contributed by atoms with Gasteiger partial charge >= 0.3 is 0 Å². The van der Waals surface area contributed by atoms with Crippen LogP contribution in [0.15, 0.2) is 59.1 Å². The van der Waals surface area contributed by atoms with Gasteiger partial charge in [0.15, 0.2) is 0 Å². The number of hydrogen-bond acceptors (Lipinski definition) is 1. The lowest BCUT2D eigenvalue weighted by atomic mass is 9.53. The molecule has 0 bridgehead atoms. The van der Waals surface area contributed by atoms with E-state index in [-0.39, 0.29) is 55.2 Å². The first-order valence-corrected chi connectivity index (χ1v) is 12.9. The van der Waals surface area contributed by atoms with Gasteiger partial charge in [0.05, 0.1) is 5.41 Å². The molecule has 162 valence electrons. The van der Waals surface area contributed by atoms with Crippen LogP contribution < -0.4 is 48.4 Å². The van der Waals surface area contributed by atoms with Gasteiger partial charge in [0.25, 0.3) is 0 Å². The van der Waals surface area contributed by atoms with Crippen LogP contribution in [0.3, 0.4) is 0 Å². The lowest BCUT2D eigenvalue weighted by molar-refractivity contribution is 0.447. The molecular weight excluding hydrogens is 531 g/mol. The molecule has 1 aliphatic carbocycles. The highest BCUT2D eigenvalue weighted by Crippen LogP contribution is 2.61. The molecule has 5 aromatic carbocycles. The third-order valence-electron chi connectivity index (χ3n) is 8.17. The van der Waals surface area contributed by atoms with E-state index in [4.69, 9.17) is 67.5 Å². The first-order valence-electron chi connectivity index (χ1n) is 12.1. The van der Waals surface area contributed by atoms with E-state index in [2.05, 4.69) is 46.3 Å². The zero-order valence-electron chi connectivity index (χ0n) is 20.6. The average molecular weight is 540 g/mol. The molecule has 0 fully saturated rings. The minimum absolute atomic E-state index is 0.117. The van der Waals surface area contributed by atoms with Gasteiger partial charge in [-0.05, 0) is 45.2 Å². The molecule has 1 spiro atoms. The minimum Gasteiger partial charge on any atom is -0.458 e. The summed E-state index contributed by atoms with van der Waals surface area (Å²) >= 11 is 3.67. The van der Waals surface area contributed by atoms with E-state index in [1.54, 1.807) is 0 Å². The Hall–Kier alpha value is -2.84. The monoisotopic (exact) mass is 540 g/mol. The van der Waals surface area contributed by atoms with E-state index in [1.165, 1.54) is 0 Å². The zero-order chi connectivity index (χ0) is 27.5. The highest BCUT2D eigenvalue weighted by atomic mass is 79.9. The second-order valence-electron chi connectivity index (χ2n) is 9.97. The van der Waals surface area contributed by atoms with Gasteiger partial charge in [-0.1, -0.05) is 80.2 Å². The Morgan fingerprint density at radius 2 is 1.13 bits per heavy atom. The Kier molecular flexibility index (Phi) is 5.37. The average Bonchev–Trinajstić information content (AvgIpc) is 3.22. The molecule has 0 aromatic heterocycles. The van der Waals surface area contributed by atoms with Gasteiger partial charge in [0.2, 0.25) is 0 Å². The van der Waals surface area contributed by atoms with Gasteiger partial charge < -0.3 is 4.74 Å². The van der Waals surface area contributed by atoms with Crippen molar-refractivity contribution in [3.63, 3.8) is 0 Å². The molecule has 2 aliphatic rings. The number of benzene rings is 5. The number of hydrogen-bond donors (Lipinski definition) is 0. The first kappa shape index (κ1) is 25.1. The SMILES string of the molecule is [B]c1c([B])c([B])c2c(c1[B])Oc1c([B])c([B])c([B])c([B])c1C21c2cc(Br)ccc2-c2c1ccc1ccccc21. The molecule has 0 N–H and O–H groups in total. The molecule has 1 aliphatic heterocycles. The molecule has 0 unspecified atom stereocenters. The number of halogens is 1. The lowest BCUT2D eigenvalue weighted by Crippen LogP contribution is -2.58. The van der Waals surface area contributed by atoms with Gasteiger partial charge in [0, 0.05) is 15.6 Å². The van der Waals surface area contributed by atoms with Crippen molar-refractivity contribution in [1.82, 2.24) is 0 Å². The lowest BCUT2D eigenvalue weighted by Gasteiger charge is -2.45. The summed E-state index contributed by atoms with van der Waals surface area (Å²) in [5.41, 5.74) is 4.89. The maximum absolute atomic E-state index is 6.83. The Morgan fingerprint density at radius 1 is 0.564 bits per heavy atom. The van der Waals surface area contributed by atoms with Crippen molar-refractivity contribution in [3.05, 3.63) is 81.3 Å². The molecule has 1 nitrogen and oxygen atoms in total.